The number of nitrogens with one attached hydrogen (secondary N) is 1. The molecule has 2 amide bonds. The molecular weight excluding hydrogens is 430 g/mol. The molecule has 1 atom stereocenters. The lowest BCUT2D eigenvalue weighted by molar-refractivity contribution is 0.168. The number of urea groups is 1. The molecule has 1 heterocycles. The average Bonchev–Trinajstić information content (AvgIpc) is 3.23. The maximum atomic E-state index is 13.9. The lowest BCUT2D eigenvalue weighted by Gasteiger charge is -2.33. The van der Waals surface area contributed by atoms with Crippen LogP contribution < -0.4 is 5.32 Å². The first-order valence-corrected chi connectivity index (χ1v) is 13.0. The average molecular weight is 474 g/mol. The van der Waals surface area contributed by atoms with Crippen LogP contribution in [-0.2, 0) is 13.1 Å². The minimum absolute atomic E-state index is 0.0375. The number of amides is 2. The highest BCUT2D eigenvalue weighted by atomic mass is 16.2. The Bertz CT molecular complexity index is 1100. The molecule has 35 heavy (non-hydrogen) atoms. The number of hydrogen-bond acceptors (Lipinski definition) is 1. The molecule has 0 bridgehead atoms. The van der Waals surface area contributed by atoms with Crippen molar-refractivity contribution in [2.45, 2.75) is 86.4 Å². The van der Waals surface area contributed by atoms with Gasteiger partial charge in [0.15, 0.2) is 0 Å². The summed E-state index contributed by atoms with van der Waals surface area (Å²) in [6, 6.07) is 19.2. The van der Waals surface area contributed by atoms with Crippen molar-refractivity contribution in [3.8, 4) is 0 Å². The lowest BCUT2D eigenvalue weighted by Crippen LogP contribution is -2.44. The van der Waals surface area contributed by atoms with Gasteiger partial charge in [0, 0.05) is 30.2 Å². The second-order valence-corrected chi connectivity index (χ2v) is 10.8. The second-order valence-electron chi connectivity index (χ2n) is 10.8. The summed E-state index contributed by atoms with van der Waals surface area (Å²) in [6.07, 6.45) is 2.11. The van der Waals surface area contributed by atoms with E-state index in [1.807, 2.05) is 4.90 Å². The fourth-order valence-electron chi connectivity index (χ4n) is 4.56. The van der Waals surface area contributed by atoms with E-state index in [1.54, 1.807) is 0 Å². The van der Waals surface area contributed by atoms with Gasteiger partial charge < -0.3 is 14.8 Å². The Morgan fingerprint density at radius 3 is 2.09 bits per heavy atom. The molecule has 3 aromatic rings. The van der Waals surface area contributed by atoms with Crippen molar-refractivity contribution >= 4 is 11.7 Å². The van der Waals surface area contributed by atoms with E-state index >= 15 is 0 Å². The topological polar surface area (TPSA) is 37.3 Å². The highest BCUT2D eigenvalue weighted by Gasteiger charge is 2.26. The van der Waals surface area contributed by atoms with Crippen LogP contribution in [0.15, 0.2) is 60.8 Å². The molecular formula is C31H43N3O. The number of hydrogen-bond donors (Lipinski definition) is 1. The predicted octanol–water partition coefficient (Wildman–Crippen LogP) is 8.17. The van der Waals surface area contributed by atoms with Crippen molar-refractivity contribution in [3.05, 3.63) is 88.7 Å². The number of carbonyl (C=O) groups excluding carboxylic acids is 1. The van der Waals surface area contributed by atoms with Crippen LogP contribution >= 0.6 is 0 Å². The molecule has 4 nitrogen and oxygen atoms in total. The van der Waals surface area contributed by atoms with Crippen molar-refractivity contribution in [1.82, 2.24) is 9.47 Å². The van der Waals surface area contributed by atoms with Gasteiger partial charge in [-0.1, -0.05) is 89.6 Å². The van der Waals surface area contributed by atoms with Gasteiger partial charge >= 0.3 is 6.03 Å². The van der Waals surface area contributed by atoms with Gasteiger partial charge in [-0.2, -0.15) is 0 Å². The summed E-state index contributed by atoms with van der Waals surface area (Å²) in [5, 5.41) is 3.34. The Hall–Kier alpha value is -3.01. The molecule has 4 heteroatoms. The third-order valence-electron chi connectivity index (χ3n) is 7.01. The zero-order valence-electron chi connectivity index (χ0n) is 22.8. The second kappa shape index (κ2) is 11.6. The minimum atomic E-state index is -0.0375. The summed E-state index contributed by atoms with van der Waals surface area (Å²) in [4.78, 5) is 15.8. The minimum Gasteiger partial charge on any atom is -0.345 e. The Balaban J connectivity index is 1.91. The monoisotopic (exact) mass is 473 g/mol. The molecule has 1 aromatic heterocycles. The fraction of sp³-hybridized carbons (Fsp3) is 0.452. The number of benzene rings is 2. The first-order valence-electron chi connectivity index (χ1n) is 13.0. The van der Waals surface area contributed by atoms with E-state index in [4.69, 9.17) is 0 Å². The zero-order chi connectivity index (χ0) is 25.7. The molecule has 0 aliphatic rings. The van der Waals surface area contributed by atoms with Gasteiger partial charge in [-0.25, -0.2) is 4.79 Å². The summed E-state index contributed by atoms with van der Waals surface area (Å²) in [7, 11) is 0. The van der Waals surface area contributed by atoms with Gasteiger partial charge in [0.1, 0.15) is 0 Å². The molecule has 0 radical (unpaired) electrons. The Labute approximate surface area is 212 Å². The maximum Gasteiger partial charge on any atom is 0.322 e. The van der Waals surface area contributed by atoms with Crippen LogP contribution in [0.1, 0.15) is 88.2 Å². The van der Waals surface area contributed by atoms with Crippen LogP contribution in [0.2, 0.25) is 0 Å². The fourth-order valence-corrected chi connectivity index (χ4v) is 4.56. The Kier molecular flexibility index (Phi) is 8.82. The number of aryl methyl sites for hydroxylation is 1. The van der Waals surface area contributed by atoms with Crippen molar-refractivity contribution in [2.24, 2.45) is 5.92 Å². The number of carbonyl (C=O) groups is 1. The van der Waals surface area contributed by atoms with E-state index < -0.39 is 0 Å². The summed E-state index contributed by atoms with van der Waals surface area (Å²) >= 11 is 0. The van der Waals surface area contributed by atoms with E-state index in [0.717, 1.165) is 17.9 Å². The molecule has 0 aliphatic heterocycles. The van der Waals surface area contributed by atoms with Crippen LogP contribution in [-0.4, -0.2) is 21.5 Å². The third-order valence-corrected chi connectivity index (χ3v) is 7.01. The number of nitrogens with zero attached hydrogens (tertiary/aromatic N) is 2. The number of para-hydroxylation sites is 1. The van der Waals surface area contributed by atoms with E-state index in [0.29, 0.717) is 24.3 Å². The maximum absolute atomic E-state index is 13.9. The number of rotatable bonds is 9. The standard InChI is InChI=1S/C31H43N3O/c1-21(2)25(8)34(20-27-14-11-17-33(27)19-26-13-9-12-24(7)18-26)31(35)32-30-28(22(3)4)15-10-16-29(30)23(5)6/h9-18,21-23,25H,19-20H2,1-8H3,(H,32,35). The van der Waals surface area contributed by atoms with Gasteiger partial charge in [-0.3, -0.25) is 0 Å². The Morgan fingerprint density at radius 1 is 0.886 bits per heavy atom. The highest BCUT2D eigenvalue weighted by molar-refractivity contribution is 5.91. The van der Waals surface area contributed by atoms with Gasteiger partial charge in [0.25, 0.3) is 0 Å². The van der Waals surface area contributed by atoms with Crippen LogP contribution in [0.4, 0.5) is 10.5 Å². The van der Waals surface area contributed by atoms with E-state index in [2.05, 4.69) is 126 Å². The summed E-state index contributed by atoms with van der Waals surface area (Å²) < 4.78 is 2.25. The highest BCUT2D eigenvalue weighted by Crippen LogP contribution is 2.33. The van der Waals surface area contributed by atoms with Crippen LogP contribution in [0.25, 0.3) is 0 Å². The van der Waals surface area contributed by atoms with E-state index in [9.17, 15) is 4.79 Å². The number of anilines is 1. The first-order chi connectivity index (χ1) is 16.6. The van der Waals surface area contributed by atoms with Gasteiger partial charge in [0.05, 0.1) is 6.54 Å². The van der Waals surface area contributed by atoms with E-state index in [1.165, 1.54) is 22.3 Å². The summed E-state index contributed by atoms with van der Waals surface area (Å²) in [6.45, 7) is 18.7. The molecule has 188 valence electrons. The molecule has 0 saturated heterocycles. The largest absolute Gasteiger partial charge is 0.345 e. The molecule has 0 saturated carbocycles. The van der Waals surface area contributed by atoms with E-state index in [-0.39, 0.29) is 12.1 Å². The smallest absolute Gasteiger partial charge is 0.322 e. The molecule has 0 aliphatic carbocycles. The predicted molar refractivity (Wildman–Crippen MR) is 148 cm³/mol. The first kappa shape index (κ1) is 26.6. The van der Waals surface area contributed by atoms with Crippen LogP contribution in [0.3, 0.4) is 0 Å². The molecule has 0 fully saturated rings. The molecule has 1 N–H and O–H groups in total. The van der Waals surface area contributed by atoms with Crippen LogP contribution in [0.5, 0.6) is 0 Å². The number of aromatic nitrogens is 1. The van der Waals surface area contributed by atoms with Gasteiger partial charge in [-0.15, -0.1) is 0 Å². The lowest BCUT2D eigenvalue weighted by atomic mass is 9.92. The molecule has 0 spiro atoms. The van der Waals surface area contributed by atoms with Crippen molar-refractivity contribution in [1.29, 1.82) is 0 Å². The zero-order valence-corrected chi connectivity index (χ0v) is 22.8. The quantitative estimate of drug-likeness (QED) is 0.334. The Morgan fingerprint density at radius 2 is 1.51 bits per heavy atom. The van der Waals surface area contributed by atoms with Gasteiger partial charge in [0.2, 0.25) is 0 Å². The van der Waals surface area contributed by atoms with Crippen molar-refractivity contribution < 1.29 is 4.79 Å². The third kappa shape index (κ3) is 6.56. The van der Waals surface area contributed by atoms with Crippen molar-refractivity contribution in [2.75, 3.05) is 5.32 Å². The normalized spacial score (nSPS) is 12.4. The molecule has 1 unspecified atom stereocenters. The van der Waals surface area contributed by atoms with Crippen molar-refractivity contribution in [3.63, 3.8) is 0 Å². The molecule has 2 aromatic carbocycles. The summed E-state index contributed by atoms with van der Waals surface area (Å²) in [5.41, 5.74) is 7.00. The SMILES string of the molecule is Cc1cccc(Cn2cccc2CN(C(=O)Nc2c(C(C)C)cccc2C(C)C)C(C)C(C)C)c1. The molecule has 3 rings (SSSR count). The van der Waals surface area contributed by atoms with Crippen LogP contribution in [0, 0.1) is 12.8 Å². The van der Waals surface area contributed by atoms with Gasteiger partial charge in [-0.05, 0) is 60.4 Å². The summed E-state index contributed by atoms with van der Waals surface area (Å²) in [5.74, 6) is 0.990.